The first kappa shape index (κ1) is 54.6. The van der Waals surface area contributed by atoms with Crippen molar-refractivity contribution in [2.24, 2.45) is 0 Å². The lowest BCUT2D eigenvalue weighted by Crippen LogP contribution is -2.38. The molecule has 66 heavy (non-hydrogen) atoms. The maximum Gasteiger partial charge on any atom is 0.293 e. The monoisotopic (exact) mass is 974 g/mol. The van der Waals surface area contributed by atoms with Crippen LogP contribution in [0.2, 0.25) is 0 Å². The van der Waals surface area contributed by atoms with Gasteiger partial charge in [0.05, 0.1) is 36.9 Å². The molecule has 4 aliphatic rings. The zero-order valence-corrected chi connectivity index (χ0v) is 41.2. The van der Waals surface area contributed by atoms with Crippen molar-refractivity contribution < 1.29 is 34.2 Å². The first-order valence-electron chi connectivity index (χ1n) is 22.4. The second kappa shape index (κ2) is 26.5. The van der Waals surface area contributed by atoms with Crippen LogP contribution in [0.25, 0.3) is 0 Å². The maximum atomic E-state index is 10.9. The largest absolute Gasteiger partial charge is 0.389 e. The van der Waals surface area contributed by atoms with Gasteiger partial charge in [0.15, 0.2) is 0 Å². The van der Waals surface area contributed by atoms with E-state index in [4.69, 9.17) is 0 Å². The summed E-state index contributed by atoms with van der Waals surface area (Å²) in [7, 11) is 6.40. The van der Waals surface area contributed by atoms with Gasteiger partial charge in [-0.2, -0.15) is 0 Å². The van der Waals surface area contributed by atoms with Crippen molar-refractivity contribution in [3.05, 3.63) is 138 Å². The molecule has 17 heteroatoms. The second-order valence-corrected chi connectivity index (χ2v) is 17.7. The Hall–Kier alpha value is -3.98. The van der Waals surface area contributed by atoms with Crippen molar-refractivity contribution in [2.75, 3.05) is 26.2 Å². The summed E-state index contributed by atoms with van der Waals surface area (Å²) < 4.78 is 1.18. The molecule has 11 nitrogen and oxygen atoms in total. The Morgan fingerprint density at radius 2 is 0.803 bits per heavy atom. The van der Waals surface area contributed by atoms with E-state index in [1.807, 2.05) is 69.9 Å². The predicted molar refractivity (Wildman–Crippen MR) is 273 cm³/mol. The molecule has 4 aromatic rings. The minimum atomic E-state index is -0.432. The number of aldehydes is 1. The molecule has 2 unspecified atom stereocenters. The zero-order valence-electron chi connectivity index (χ0n) is 38.8. The molecule has 0 aliphatic carbocycles. The van der Waals surface area contributed by atoms with E-state index in [9.17, 15) is 34.2 Å². The minimum Gasteiger partial charge on any atom is -0.389 e. The van der Waals surface area contributed by atoms with E-state index < -0.39 is 12.2 Å². The first-order chi connectivity index (χ1) is 31.3. The summed E-state index contributed by atoms with van der Waals surface area (Å²) in [6, 6.07) is 24.9. The molecule has 0 saturated heterocycles. The van der Waals surface area contributed by atoms with E-state index in [2.05, 4.69) is 65.8 Å². The third kappa shape index (κ3) is 13.2. The van der Waals surface area contributed by atoms with Crippen molar-refractivity contribution in [2.45, 2.75) is 104 Å². The van der Waals surface area contributed by atoms with Gasteiger partial charge in [-0.05, 0) is 155 Å². The van der Waals surface area contributed by atoms with Gasteiger partial charge in [-0.1, -0.05) is 82.7 Å². The van der Waals surface area contributed by atoms with Crippen LogP contribution in [0.15, 0.2) is 77.3 Å². The first-order valence-corrected chi connectivity index (χ1v) is 23.2. The molecule has 0 bridgehead atoms. The number of aliphatic hydroxyl groups is 2. The average Bonchev–Trinajstić information content (AvgIpc) is 3.30. The number of hydrogen-bond donors (Lipinski definition) is 2. The van der Waals surface area contributed by atoms with Gasteiger partial charge in [0, 0.05) is 34.2 Å². The average molecular weight is 976 g/mol. The summed E-state index contributed by atoms with van der Waals surface area (Å²) >= 11 is 3.57. The summed E-state index contributed by atoms with van der Waals surface area (Å²) in [6.07, 6.45) is 6.95. The highest BCUT2D eigenvalue weighted by molar-refractivity contribution is 9.10. The molecule has 0 aromatic heterocycles. The third-order valence-electron chi connectivity index (χ3n) is 13.2. The molecule has 2 N–H and O–H groups in total. The highest BCUT2D eigenvalue weighted by atomic mass is 79.9. The Kier molecular flexibility index (Phi) is 22.0. The van der Waals surface area contributed by atoms with Gasteiger partial charge in [-0.3, -0.25) is 4.79 Å². The van der Waals surface area contributed by atoms with Gasteiger partial charge in [0.25, 0.3) is 29.7 Å². The van der Waals surface area contributed by atoms with Gasteiger partial charge in [0.2, 0.25) is 0 Å². The second-order valence-electron chi connectivity index (χ2n) is 16.8. The molecule has 4 radical (unpaired) electrons. The number of aliphatic hydroxyl groups excluding tert-OH is 2. The topological polar surface area (TPSA) is 139 Å². The highest BCUT2D eigenvalue weighted by Crippen LogP contribution is 2.36. The van der Waals surface area contributed by atoms with Gasteiger partial charge in [-0.15, -0.1) is 12.4 Å². The summed E-state index contributed by atoms with van der Waals surface area (Å²) in [4.78, 5) is 61.2. The number of carbonyl (C=O) groups is 5. The number of halogens is 2. The van der Waals surface area contributed by atoms with Crippen molar-refractivity contribution in [3.63, 3.8) is 0 Å². The molecule has 4 heterocycles. The van der Waals surface area contributed by atoms with Crippen molar-refractivity contribution in [3.8, 4) is 0 Å². The number of rotatable bonds is 11. The Balaban J connectivity index is 0.000000192. The third-order valence-corrected chi connectivity index (χ3v) is 14.0. The summed E-state index contributed by atoms with van der Waals surface area (Å²) in [5.41, 5.74) is 12.7. The van der Waals surface area contributed by atoms with Crippen LogP contribution in [0.4, 0.5) is 0 Å². The number of carbonyl (C=O) groups excluding carboxylic acids is 5. The number of fused-ring (bicyclic) bond motifs is 4. The quantitative estimate of drug-likeness (QED) is 0.122. The molecule has 4 aliphatic heterocycles. The molecular weight excluding hydrogens is 915 g/mol. The normalized spacial score (nSPS) is 20.7. The fourth-order valence-corrected chi connectivity index (χ4v) is 10.2. The molecule has 0 fully saturated rings. The zero-order chi connectivity index (χ0) is 47.2. The fourth-order valence-electron chi connectivity index (χ4n) is 9.61. The predicted octanol–water partition coefficient (Wildman–Crippen LogP) is 6.76. The summed E-state index contributed by atoms with van der Waals surface area (Å²) in [6.45, 7) is 15.3. The van der Waals surface area contributed by atoms with Crippen LogP contribution in [-0.4, -0.2) is 116 Å². The van der Waals surface area contributed by atoms with Crippen LogP contribution < -0.4 is 0 Å². The van der Waals surface area contributed by atoms with E-state index in [0.29, 0.717) is 0 Å². The Bertz CT molecular complexity index is 2200. The van der Waals surface area contributed by atoms with Crippen molar-refractivity contribution in [1.29, 1.82) is 0 Å². The summed E-state index contributed by atoms with van der Waals surface area (Å²) in [5.74, 6) is 0. The van der Waals surface area contributed by atoms with Gasteiger partial charge in [0.1, 0.15) is 6.29 Å². The van der Waals surface area contributed by atoms with E-state index in [1.54, 1.807) is 43.5 Å². The standard InChI is InChI=1S/2C13H17BNO2.C12H13BNO2.C11H12BBrNO.ClH/c2*1-9-11-4-3-5-12(10(2)17)13(11)6-7-15(9)14-8-16;1-9-11-4-2-3-10(7-15)12(11)5-6-14(9)13-8-16;1-8-9-3-2-4-11(13)10(9)5-6-14(8)12-7-15;/h2*3-5,8-10,17H,6-7H2,1-2H3;2-4,7-9H,5-6H2,1H3;2-4,7-8H,5-6H2,1H3;1H/t2*9-,10?;9-;8-;/m0000./s1. The lowest BCUT2D eigenvalue weighted by Gasteiger charge is -2.35. The molecule has 4 aromatic carbocycles. The molecule has 0 saturated carbocycles. The number of benzene rings is 4. The summed E-state index contributed by atoms with van der Waals surface area (Å²) in [5, 5.41) is 19.5. The number of hydrogen-bond acceptors (Lipinski definition) is 11. The Morgan fingerprint density at radius 3 is 1.15 bits per heavy atom. The molecule has 0 amide bonds. The smallest absolute Gasteiger partial charge is 0.293 e. The van der Waals surface area contributed by atoms with E-state index in [1.165, 1.54) is 37.9 Å². The number of nitrogens with zero attached hydrogens (tertiary/aromatic N) is 4. The molecule has 8 rings (SSSR count). The Labute approximate surface area is 408 Å². The van der Waals surface area contributed by atoms with E-state index in [0.717, 1.165) is 111 Å². The molecule has 344 valence electrons. The van der Waals surface area contributed by atoms with Crippen LogP contribution in [0.5, 0.6) is 0 Å². The van der Waals surface area contributed by atoms with Crippen LogP contribution in [-0.2, 0) is 44.9 Å². The maximum absolute atomic E-state index is 10.9. The van der Waals surface area contributed by atoms with Crippen molar-refractivity contribution >= 4 is 89.0 Å². The lowest BCUT2D eigenvalue weighted by molar-refractivity contribution is 0.112. The van der Waals surface area contributed by atoms with Crippen LogP contribution in [0, 0.1) is 0 Å². The highest BCUT2D eigenvalue weighted by Gasteiger charge is 2.29. The SMILES string of the molecule is CC(O)c1cccc2c1CCN([B]C=O)[C@H]2C.CC(O)c1cccc2c1CCN([B]C=O)[C@H]2C.C[C@H]1c2cccc(Br)c2CCN1[B]C=O.C[C@H]1c2cccc(C=O)c2CCN1[B]C=O.Cl. The van der Waals surface area contributed by atoms with Gasteiger partial charge < -0.3 is 48.6 Å². The van der Waals surface area contributed by atoms with Crippen LogP contribution >= 0.6 is 28.3 Å². The Morgan fingerprint density at radius 1 is 0.500 bits per heavy atom. The van der Waals surface area contributed by atoms with Gasteiger partial charge in [-0.25, -0.2) is 0 Å². The van der Waals surface area contributed by atoms with E-state index >= 15 is 0 Å². The van der Waals surface area contributed by atoms with E-state index in [-0.39, 0.29) is 36.6 Å². The fraction of sp³-hybridized carbons (Fsp3) is 0.408. The van der Waals surface area contributed by atoms with Gasteiger partial charge >= 0.3 is 0 Å². The lowest BCUT2D eigenvalue weighted by atomic mass is 9.82. The molecule has 6 atom stereocenters. The minimum absolute atomic E-state index is 0. The van der Waals surface area contributed by atoms with Crippen LogP contribution in [0.1, 0.15) is 144 Å². The molecule has 0 spiro atoms. The molecular formula is C49H60B4BrClN4O7. The van der Waals surface area contributed by atoms with Crippen molar-refractivity contribution in [1.82, 2.24) is 19.2 Å². The van der Waals surface area contributed by atoms with Crippen LogP contribution in [0.3, 0.4) is 0 Å².